The van der Waals surface area contributed by atoms with Crippen LogP contribution in [0.4, 0.5) is 0 Å². The van der Waals surface area contributed by atoms with E-state index in [0.29, 0.717) is 11.1 Å². The van der Waals surface area contributed by atoms with Gasteiger partial charge in [-0.1, -0.05) is 0 Å². The fraction of sp³-hybridized carbons (Fsp3) is 0.0769. The molecular formula is C13H12O4. The molecule has 0 saturated heterocycles. The van der Waals surface area contributed by atoms with Gasteiger partial charge in [-0.3, -0.25) is 0 Å². The molecule has 0 aliphatic carbocycles. The Morgan fingerprint density at radius 3 is 1.47 bits per heavy atom. The van der Waals surface area contributed by atoms with E-state index < -0.39 is 0 Å². The number of hydrogen-bond acceptors (Lipinski definition) is 4. The zero-order valence-corrected chi connectivity index (χ0v) is 8.96. The van der Waals surface area contributed by atoms with Crippen molar-refractivity contribution >= 4 is 0 Å². The predicted octanol–water partition coefficient (Wildman–Crippen LogP) is 2.10. The molecule has 0 aliphatic heterocycles. The monoisotopic (exact) mass is 232 g/mol. The number of phenols is 4. The third-order valence-electron chi connectivity index (χ3n) is 2.51. The van der Waals surface area contributed by atoms with Crippen LogP contribution < -0.4 is 0 Å². The molecule has 0 unspecified atom stereocenters. The van der Waals surface area contributed by atoms with E-state index in [2.05, 4.69) is 0 Å². The number of aromatic hydroxyl groups is 4. The minimum Gasteiger partial charge on any atom is -0.508 e. The van der Waals surface area contributed by atoms with Gasteiger partial charge in [0.05, 0.1) is 0 Å². The van der Waals surface area contributed by atoms with Crippen molar-refractivity contribution in [3.63, 3.8) is 0 Å². The van der Waals surface area contributed by atoms with Crippen LogP contribution in [0.1, 0.15) is 11.1 Å². The highest BCUT2D eigenvalue weighted by Gasteiger charge is 2.08. The summed E-state index contributed by atoms with van der Waals surface area (Å²) in [5, 5.41) is 37.8. The Hall–Kier alpha value is -2.36. The van der Waals surface area contributed by atoms with Crippen molar-refractivity contribution in [3.05, 3.63) is 47.5 Å². The fourth-order valence-corrected chi connectivity index (χ4v) is 1.63. The van der Waals surface area contributed by atoms with E-state index in [0.717, 1.165) is 0 Å². The summed E-state index contributed by atoms with van der Waals surface area (Å²) in [7, 11) is 0. The van der Waals surface area contributed by atoms with Crippen LogP contribution in [0, 0.1) is 0 Å². The van der Waals surface area contributed by atoms with Crippen molar-refractivity contribution < 1.29 is 20.4 Å². The highest BCUT2D eigenvalue weighted by Crippen LogP contribution is 2.29. The average Bonchev–Trinajstić information content (AvgIpc) is 2.28. The molecule has 0 aliphatic rings. The molecule has 2 aromatic carbocycles. The molecule has 2 aromatic rings. The van der Waals surface area contributed by atoms with Gasteiger partial charge in [0.15, 0.2) is 0 Å². The molecule has 0 fully saturated rings. The molecule has 0 amide bonds. The molecule has 0 radical (unpaired) electrons. The second kappa shape index (κ2) is 4.25. The first-order valence-corrected chi connectivity index (χ1v) is 5.08. The van der Waals surface area contributed by atoms with Crippen molar-refractivity contribution in [2.75, 3.05) is 0 Å². The van der Waals surface area contributed by atoms with Crippen molar-refractivity contribution in [3.8, 4) is 23.0 Å². The number of hydrogen-bond donors (Lipinski definition) is 4. The second-order valence-corrected chi connectivity index (χ2v) is 3.80. The maximum atomic E-state index is 9.60. The van der Waals surface area contributed by atoms with Crippen molar-refractivity contribution in [1.29, 1.82) is 0 Å². The Kier molecular flexibility index (Phi) is 2.78. The molecule has 0 saturated carbocycles. The minimum absolute atomic E-state index is 0.0329. The summed E-state index contributed by atoms with van der Waals surface area (Å²) in [6.07, 6.45) is 0.223. The summed E-state index contributed by atoms with van der Waals surface area (Å²) < 4.78 is 0. The van der Waals surface area contributed by atoms with E-state index in [1.165, 1.54) is 36.4 Å². The van der Waals surface area contributed by atoms with E-state index in [-0.39, 0.29) is 29.4 Å². The number of benzene rings is 2. The fourth-order valence-electron chi connectivity index (χ4n) is 1.63. The molecule has 0 spiro atoms. The Bertz CT molecular complexity index is 500. The molecule has 0 atom stereocenters. The molecular weight excluding hydrogens is 220 g/mol. The largest absolute Gasteiger partial charge is 0.508 e. The quantitative estimate of drug-likeness (QED) is 0.598. The molecule has 88 valence electrons. The van der Waals surface area contributed by atoms with E-state index in [1.54, 1.807) is 0 Å². The SMILES string of the molecule is Oc1ccc(O)c(Cc2cc(O)ccc2O)c1. The van der Waals surface area contributed by atoms with Crippen molar-refractivity contribution in [2.24, 2.45) is 0 Å². The predicted molar refractivity (Wildman–Crippen MR) is 62.3 cm³/mol. The summed E-state index contributed by atoms with van der Waals surface area (Å²) in [4.78, 5) is 0. The van der Waals surface area contributed by atoms with Gasteiger partial charge in [-0.2, -0.15) is 0 Å². The lowest BCUT2D eigenvalue weighted by Gasteiger charge is -2.07. The van der Waals surface area contributed by atoms with Crippen LogP contribution in [0.2, 0.25) is 0 Å². The van der Waals surface area contributed by atoms with Crippen LogP contribution >= 0.6 is 0 Å². The lowest BCUT2D eigenvalue weighted by atomic mass is 10.0. The van der Waals surface area contributed by atoms with Crippen molar-refractivity contribution in [1.82, 2.24) is 0 Å². The molecule has 17 heavy (non-hydrogen) atoms. The van der Waals surface area contributed by atoms with Gasteiger partial charge in [-0.05, 0) is 36.4 Å². The summed E-state index contributed by atoms with van der Waals surface area (Å²) in [5.41, 5.74) is 0.955. The maximum Gasteiger partial charge on any atom is 0.119 e. The van der Waals surface area contributed by atoms with E-state index in [9.17, 15) is 20.4 Å². The van der Waals surface area contributed by atoms with Gasteiger partial charge >= 0.3 is 0 Å². The standard InChI is InChI=1S/C13H12O4/c14-10-1-3-12(16)8(6-10)5-9-7-11(15)2-4-13(9)17/h1-4,6-7,14-17H,5H2. The van der Waals surface area contributed by atoms with Gasteiger partial charge < -0.3 is 20.4 Å². The van der Waals surface area contributed by atoms with Crippen LogP contribution in [-0.4, -0.2) is 20.4 Å². The molecule has 0 bridgehead atoms. The molecule has 4 nitrogen and oxygen atoms in total. The summed E-state index contributed by atoms with van der Waals surface area (Å²) in [5.74, 6) is 0.144. The van der Waals surface area contributed by atoms with E-state index in [4.69, 9.17) is 0 Å². The third kappa shape index (κ3) is 2.42. The second-order valence-electron chi connectivity index (χ2n) is 3.80. The van der Waals surface area contributed by atoms with Crippen molar-refractivity contribution in [2.45, 2.75) is 6.42 Å². The average molecular weight is 232 g/mol. The summed E-state index contributed by atoms with van der Waals surface area (Å²) >= 11 is 0. The zero-order valence-electron chi connectivity index (χ0n) is 8.96. The summed E-state index contributed by atoms with van der Waals surface area (Å²) in [6.45, 7) is 0. The number of phenolic OH excluding ortho intramolecular Hbond substituents is 4. The Morgan fingerprint density at radius 2 is 1.06 bits per heavy atom. The third-order valence-corrected chi connectivity index (χ3v) is 2.51. The van der Waals surface area contributed by atoms with E-state index in [1.807, 2.05) is 0 Å². The molecule has 4 heteroatoms. The lowest BCUT2D eigenvalue weighted by molar-refractivity contribution is 0.449. The zero-order chi connectivity index (χ0) is 12.4. The highest BCUT2D eigenvalue weighted by molar-refractivity contribution is 5.46. The first-order chi connectivity index (χ1) is 8.06. The minimum atomic E-state index is 0.0329. The van der Waals surface area contributed by atoms with Crippen LogP contribution in [0.25, 0.3) is 0 Å². The van der Waals surface area contributed by atoms with Crippen LogP contribution in [0.5, 0.6) is 23.0 Å². The first kappa shape index (κ1) is 11.1. The van der Waals surface area contributed by atoms with Gasteiger partial charge in [0.2, 0.25) is 0 Å². The summed E-state index contributed by atoms with van der Waals surface area (Å²) in [6, 6.07) is 8.34. The highest BCUT2D eigenvalue weighted by atomic mass is 16.3. The molecule has 0 heterocycles. The normalized spacial score (nSPS) is 10.4. The van der Waals surface area contributed by atoms with Gasteiger partial charge in [0, 0.05) is 17.5 Å². The Labute approximate surface area is 98.0 Å². The lowest BCUT2D eigenvalue weighted by Crippen LogP contribution is -1.89. The van der Waals surface area contributed by atoms with Gasteiger partial charge in [-0.15, -0.1) is 0 Å². The van der Waals surface area contributed by atoms with Gasteiger partial charge in [0.1, 0.15) is 23.0 Å². The van der Waals surface area contributed by atoms with Crippen LogP contribution in [0.3, 0.4) is 0 Å². The molecule has 0 aromatic heterocycles. The van der Waals surface area contributed by atoms with E-state index >= 15 is 0 Å². The first-order valence-electron chi connectivity index (χ1n) is 5.08. The maximum absolute atomic E-state index is 9.60. The van der Waals surface area contributed by atoms with Gasteiger partial charge in [0.25, 0.3) is 0 Å². The Morgan fingerprint density at radius 1 is 0.647 bits per heavy atom. The topological polar surface area (TPSA) is 80.9 Å². The Balaban J connectivity index is 2.37. The van der Waals surface area contributed by atoms with Crippen LogP contribution in [-0.2, 0) is 6.42 Å². The number of rotatable bonds is 2. The molecule has 4 N–H and O–H groups in total. The van der Waals surface area contributed by atoms with Gasteiger partial charge in [-0.25, -0.2) is 0 Å². The van der Waals surface area contributed by atoms with Crippen LogP contribution in [0.15, 0.2) is 36.4 Å². The molecule has 2 rings (SSSR count). The smallest absolute Gasteiger partial charge is 0.119 e.